The van der Waals surface area contributed by atoms with E-state index in [1.165, 1.54) is 5.56 Å². The Morgan fingerprint density at radius 1 is 1.14 bits per heavy atom. The molecule has 1 amide bonds. The highest BCUT2D eigenvalue weighted by atomic mass is 35.5. The summed E-state index contributed by atoms with van der Waals surface area (Å²) in [6.07, 6.45) is 1.21. The Bertz CT molecular complexity index is 607. The molecule has 2 aromatic carbocycles. The van der Waals surface area contributed by atoms with E-state index >= 15 is 0 Å². The van der Waals surface area contributed by atoms with Crippen LogP contribution in [0.25, 0.3) is 0 Å². The normalized spacial score (nSPS) is 12.0. The molecule has 0 aliphatic rings. The second-order valence-corrected chi connectivity index (χ2v) is 5.71. The average molecular weight is 302 g/mol. The Labute approximate surface area is 131 Å². The number of rotatable bonds is 5. The van der Waals surface area contributed by atoms with Crippen LogP contribution in [0.4, 0.5) is 0 Å². The first kappa shape index (κ1) is 15.6. The topological polar surface area (TPSA) is 29.1 Å². The zero-order valence-electron chi connectivity index (χ0n) is 12.4. The van der Waals surface area contributed by atoms with Crippen LogP contribution in [-0.2, 0) is 11.2 Å². The Kier molecular flexibility index (Phi) is 5.40. The van der Waals surface area contributed by atoms with E-state index in [1.807, 2.05) is 43.3 Å². The molecule has 0 spiro atoms. The van der Waals surface area contributed by atoms with Gasteiger partial charge in [0, 0.05) is 11.4 Å². The van der Waals surface area contributed by atoms with Crippen molar-refractivity contribution in [2.45, 2.75) is 32.7 Å². The molecule has 0 fully saturated rings. The van der Waals surface area contributed by atoms with E-state index in [4.69, 9.17) is 11.6 Å². The van der Waals surface area contributed by atoms with E-state index in [9.17, 15) is 4.79 Å². The van der Waals surface area contributed by atoms with Crippen LogP contribution < -0.4 is 5.32 Å². The van der Waals surface area contributed by atoms with Crippen molar-refractivity contribution in [3.63, 3.8) is 0 Å². The number of benzene rings is 2. The minimum absolute atomic E-state index is 0.0314. The van der Waals surface area contributed by atoms with E-state index in [1.54, 1.807) is 0 Å². The minimum Gasteiger partial charge on any atom is -0.350 e. The third kappa shape index (κ3) is 4.61. The number of carbonyl (C=O) groups excluding carboxylic acids is 1. The van der Waals surface area contributed by atoms with Gasteiger partial charge in [-0.3, -0.25) is 4.79 Å². The highest BCUT2D eigenvalue weighted by Gasteiger charge is 2.11. The number of aryl methyl sites for hydroxylation is 2. The average Bonchev–Trinajstić information content (AvgIpc) is 2.47. The molecule has 110 valence electrons. The van der Waals surface area contributed by atoms with Gasteiger partial charge < -0.3 is 5.32 Å². The van der Waals surface area contributed by atoms with Crippen LogP contribution in [0.3, 0.4) is 0 Å². The van der Waals surface area contributed by atoms with Crippen molar-refractivity contribution in [1.82, 2.24) is 5.32 Å². The maximum Gasteiger partial charge on any atom is 0.220 e. The molecule has 0 heterocycles. The molecule has 0 unspecified atom stereocenters. The van der Waals surface area contributed by atoms with Crippen molar-refractivity contribution in [2.24, 2.45) is 0 Å². The summed E-state index contributed by atoms with van der Waals surface area (Å²) in [5.74, 6) is 0.0701. The highest BCUT2D eigenvalue weighted by Crippen LogP contribution is 2.17. The molecule has 0 saturated heterocycles. The smallest absolute Gasteiger partial charge is 0.220 e. The zero-order valence-corrected chi connectivity index (χ0v) is 13.2. The van der Waals surface area contributed by atoms with Crippen molar-refractivity contribution in [3.8, 4) is 0 Å². The molecule has 0 aliphatic carbocycles. The summed E-state index contributed by atoms with van der Waals surface area (Å²) in [5, 5.41) is 3.77. The first-order valence-electron chi connectivity index (χ1n) is 7.15. The molecule has 1 atom stereocenters. The van der Waals surface area contributed by atoms with Gasteiger partial charge in [-0.1, -0.05) is 48.0 Å². The van der Waals surface area contributed by atoms with Gasteiger partial charge in [0.2, 0.25) is 5.91 Å². The predicted octanol–water partition coefficient (Wildman–Crippen LogP) is 4.46. The molecule has 0 aromatic heterocycles. The van der Waals surface area contributed by atoms with Gasteiger partial charge in [-0.15, -0.1) is 0 Å². The van der Waals surface area contributed by atoms with Gasteiger partial charge >= 0.3 is 0 Å². The maximum absolute atomic E-state index is 12.0. The van der Waals surface area contributed by atoms with Crippen molar-refractivity contribution < 1.29 is 4.79 Å². The SMILES string of the molecule is Cc1ccccc1[C@@H](C)NC(=O)CCc1ccc(Cl)cc1. The summed E-state index contributed by atoms with van der Waals surface area (Å²) >= 11 is 5.85. The molecule has 21 heavy (non-hydrogen) atoms. The van der Waals surface area contributed by atoms with E-state index in [-0.39, 0.29) is 11.9 Å². The second kappa shape index (κ2) is 7.28. The fourth-order valence-corrected chi connectivity index (χ4v) is 2.50. The van der Waals surface area contributed by atoms with Crippen LogP contribution in [0.5, 0.6) is 0 Å². The van der Waals surface area contributed by atoms with E-state index in [2.05, 4.69) is 24.4 Å². The first-order chi connectivity index (χ1) is 10.1. The summed E-state index contributed by atoms with van der Waals surface area (Å²) in [6.45, 7) is 4.08. The van der Waals surface area contributed by atoms with Crippen molar-refractivity contribution >= 4 is 17.5 Å². The largest absolute Gasteiger partial charge is 0.350 e. The van der Waals surface area contributed by atoms with Gasteiger partial charge in [0.25, 0.3) is 0 Å². The second-order valence-electron chi connectivity index (χ2n) is 5.27. The van der Waals surface area contributed by atoms with Crippen LogP contribution in [0, 0.1) is 6.92 Å². The molecule has 2 nitrogen and oxygen atoms in total. The Morgan fingerprint density at radius 3 is 2.48 bits per heavy atom. The third-order valence-corrected chi connectivity index (χ3v) is 3.84. The molecule has 3 heteroatoms. The standard InChI is InChI=1S/C18H20ClNO/c1-13-5-3-4-6-17(13)14(2)20-18(21)12-9-15-7-10-16(19)11-8-15/h3-8,10-11,14H,9,12H2,1-2H3,(H,20,21)/t14-/m1/s1. The fourth-order valence-electron chi connectivity index (χ4n) is 2.37. The number of hydrogen-bond donors (Lipinski definition) is 1. The fraction of sp³-hybridized carbons (Fsp3) is 0.278. The Morgan fingerprint density at radius 2 is 1.81 bits per heavy atom. The number of halogens is 1. The van der Waals surface area contributed by atoms with E-state index in [0.717, 1.165) is 22.6 Å². The van der Waals surface area contributed by atoms with E-state index < -0.39 is 0 Å². The van der Waals surface area contributed by atoms with Gasteiger partial charge in [-0.2, -0.15) is 0 Å². The van der Waals surface area contributed by atoms with Crippen molar-refractivity contribution in [1.29, 1.82) is 0 Å². The lowest BCUT2D eigenvalue weighted by atomic mass is 10.0. The molecule has 0 radical (unpaired) electrons. The lowest BCUT2D eigenvalue weighted by Gasteiger charge is -2.16. The zero-order chi connectivity index (χ0) is 15.2. The summed E-state index contributed by atoms with van der Waals surface area (Å²) in [4.78, 5) is 12.0. The molecule has 0 saturated carbocycles. The van der Waals surface area contributed by atoms with Crippen LogP contribution in [0.2, 0.25) is 5.02 Å². The summed E-state index contributed by atoms with van der Waals surface area (Å²) in [6, 6.07) is 15.8. The lowest BCUT2D eigenvalue weighted by molar-refractivity contribution is -0.121. The third-order valence-electron chi connectivity index (χ3n) is 3.59. The quantitative estimate of drug-likeness (QED) is 0.868. The molecular formula is C18H20ClNO. The molecule has 1 N–H and O–H groups in total. The summed E-state index contributed by atoms with van der Waals surface area (Å²) < 4.78 is 0. The molecule has 2 rings (SSSR count). The lowest BCUT2D eigenvalue weighted by Crippen LogP contribution is -2.27. The molecular weight excluding hydrogens is 282 g/mol. The number of carbonyl (C=O) groups is 1. The van der Waals surface area contributed by atoms with Crippen molar-refractivity contribution in [3.05, 3.63) is 70.2 Å². The number of nitrogens with one attached hydrogen (secondary N) is 1. The van der Waals surface area contributed by atoms with Gasteiger partial charge in [-0.05, 0) is 49.1 Å². The van der Waals surface area contributed by atoms with Crippen LogP contribution in [-0.4, -0.2) is 5.91 Å². The monoisotopic (exact) mass is 301 g/mol. The minimum atomic E-state index is 0.0314. The van der Waals surface area contributed by atoms with Gasteiger partial charge in [0.1, 0.15) is 0 Å². The van der Waals surface area contributed by atoms with Crippen LogP contribution >= 0.6 is 11.6 Å². The van der Waals surface area contributed by atoms with E-state index in [0.29, 0.717) is 6.42 Å². The van der Waals surface area contributed by atoms with Crippen LogP contribution in [0.1, 0.15) is 36.1 Å². The molecule has 0 aliphatic heterocycles. The van der Waals surface area contributed by atoms with Gasteiger partial charge in [0.05, 0.1) is 6.04 Å². The Hall–Kier alpha value is -1.80. The number of amides is 1. The van der Waals surface area contributed by atoms with Gasteiger partial charge in [-0.25, -0.2) is 0 Å². The summed E-state index contributed by atoms with van der Waals surface area (Å²) in [5.41, 5.74) is 3.48. The van der Waals surface area contributed by atoms with Crippen LogP contribution in [0.15, 0.2) is 48.5 Å². The molecule has 2 aromatic rings. The first-order valence-corrected chi connectivity index (χ1v) is 7.53. The van der Waals surface area contributed by atoms with Gasteiger partial charge in [0.15, 0.2) is 0 Å². The van der Waals surface area contributed by atoms with Crippen molar-refractivity contribution in [2.75, 3.05) is 0 Å². The summed E-state index contributed by atoms with van der Waals surface area (Å²) in [7, 11) is 0. The maximum atomic E-state index is 12.0. The Balaban J connectivity index is 1.87. The predicted molar refractivity (Wildman–Crippen MR) is 87.5 cm³/mol. The number of hydrogen-bond acceptors (Lipinski definition) is 1. The highest BCUT2D eigenvalue weighted by molar-refractivity contribution is 6.30. The molecule has 0 bridgehead atoms.